The quantitative estimate of drug-likeness (QED) is 0.649. The minimum atomic E-state index is -0.301. The van der Waals surface area contributed by atoms with Gasteiger partial charge in [-0.15, -0.1) is 0 Å². The van der Waals surface area contributed by atoms with E-state index < -0.39 is 0 Å². The Morgan fingerprint density at radius 1 is 0.964 bits per heavy atom. The van der Waals surface area contributed by atoms with Crippen molar-refractivity contribution in [1.82, 2.24) is 10.3 Å². The normalized spacial score (nSPS) is 10.2. The number of carbonyl (C=O) groups excluding carboxylic acids is 1. The lowest BCUT2D eigenvalue weighted by molar-refractivity contribution is 0.0946. The summed E-state index contributed by atoms with van der Waals surface area (Å²) >= 11 is 0. The lowest BCUT2D eigenvalue weighted by Gasteiger charge is -2.10. The van der Waals surface area contributed by atoms with E-state index in [-0.39, 0.29) is 11.7 Å². The molecular formula is C21H20FN3O3. The van der Waals surface area contributed by atoms with E-state index in [1.807, 2.05) is 12.1 Å². The number of amides is 1. The number of aromatic nitrogens is 1. The minimum Gasteiger partial charge on any atom is -0.493 e. The second kappa shape index (κ2) is 8.85. The molecule has 0 atom stereocenters. The molecule has 1 heterocycles. The van der Waals surface area contributed by atoms with Gasteiger partial charge < -0.3 is 20.1 Å². The zero-order valence-electron chi connectivity index (χ0n) is 15.5. The first-order valence-electron chi connectivity index (χ1n) is 8.57. The number of hydrogen-bond acceptors (Lipinski definition) is 5. The Balaban J connectivity index is 1.59. The molecule has 0 saturated carbocycles. The topological polar surface area (TPSA) is 72.5 Å². The number of nitrogens with one attached hydrogen (secondary N) is 2. The fourth-order valence-corrected chi connectivity index (χ4v) is 2.57. The van der Waals surface area contributed by atoms with Crippen LogP contribution in [0.25, 0.3) is 0 Å². The number of anilines is 2. The first kappa shape index (κ1) is 19.2. The fraction of sp³-hybridized carbons (Fsp3) is 0.143. The Bertz CT molecular complexity index is 944. The molecule has 0 aliphatic carbocycles. The number of pyridine rings is 1. The minimum absolute atomic E-state index is 0.289. The summed E-state index contributed by atoms with van der Waals surface area (Å²) in [6, 6.07) is 14.8. The highest BCUT2D eigenvalue weighted by molar-refractivity contribution is 5.92. The fourth-order valence-electron chi connectivity index (χ4n) is 2.57. The van der Waals surface area contributed by atoms with Gasteiger partial charge in [0.05, 0.1) is 26.1 Å². The van der Waals surface area contributed by atoms with Crippen LogP contribution in [0.15, 0.2) is 60.8 Å². The molecule has 2 aromatic carbocycles. The van der Waals surface area contributed by atoms with Gasteiger partial charge in [-0.1, -0.05) is 6.07 Å². The number of benzene rings is 2. The molecule has 0 fully saturated rings. The number of rotatable bonds is 7. The summed E-state index contributed by atoms with van der Waals surface area (Å²) in [6.07, 6.45) is 1.55. The van der Waals surface area contributed by atoms with E-state index in [4.69, 9.17) is 9.47 Å². The molecule has 0 saturated heterocycles. The summed E-state index contributed by atoms with van der Waals surface area (Å²) in [5.74, 6) is 0.639. The summed E-state index contributed by atoms with van der Waals surface area (Å²) in [7, 11) is 3.13. The van der Waals surface area contributed by atoms with Crippen molar-refractivity contribution in [2.45, 2.75) is 6.54 Å². The van der Waals surface area contributed by atoms with Gasteiger partial charge in [0.1, 0.15) is 11.5 Å². The highest BCUT2D eigenvalue weighted by Gasteiger charge is 2.09. The average Bonchev–Trinajstić information content (AvgIpc) is 2.74. The van der Waals surface area contributed by atoms with Crippen molar-refractivity contribution in [2.24, 2.45) is 0 Å². The van der Waals surface area contributed by atoms with Gasteiger partial charge >= 0.3 is 0 Å². The molecule has 0 aliphatic rings. The van der Waals surface area contributed by atoms with Gasteiger partial charge in [-0.2, -0.15) is 0 Å². The van der Waals surface area contributed by atoms with E-state index in [0.29, 0.717) is 29.4 Å². The van der Waals surface area contributed by atoms with E-state index in [0.717, 1.165) is 11.3 Å². The van der Waals surface area contributed by atoms with Crippen molar-refractivity contribution in [3.8, 4) is 11.5 Å². The highest BCUT2D eigenvalue weighted by atomic mass is 19.1. The third-order valence-electron chi connectivity index (χ3n) is 4.03. The van der Waals surface area contributed by atoms with Crippen molar-refractivity contribution < 1.29 is 18.7 Å². The van der Waals surface area contributed by atoms with Crippen LogP contribution in [-0.2, 0) is 6.54 Å². The van der Waals surface area contributed by atoms with Crippen LogP contribution >= 0.6 is 0 Å². The molecule has 1 amide bonds. The van der Waals surface area contributed by atoms with Crippen LogP contribution in [0.5, 0.6) is 11.5 Å². The number of ether oxygens (including phenoxy) is 2. The third kappa shape index (κ3) is 4.76. The largest absolute Gasteiger partial charge is 0.493 e. The zero-order chi connectivity index (χ0) is 19.9. The van der Waals surface area contributed by atoms with Crippen LogP contribution in [0.3, 0.4) is 0 Å². The van der Waals surface area contributed by atoms with Crippen molar-refractivity contribution in [3.05, 3.63) is 77.9 Å². The lowest BCUT2D eigenvalue weighted by Crippen LogP contribution is -2.23. The summed E-state index contributed by atoms with van der Waals surface area (Å²) in [5.41, 5.74) is 2.60. The van der Waals surface area contributed by atoms with Crippen LogP contribution in [0.4, 0.5) is 15.8 Å². The van der Waals surface area contributed by atoms with Crippen LogP contribution < -0.4 is 20.1 Å². The molecule has 0 aliphatic heterocycles. The van der Waals surface area contributed by atoms with Gasteiger partial charge in [0.15, 0.2) is 11.5 Å². The molecule has 2 N–H and O–H groups in total. The Hall–Kier alpha value is -3.61. The lowest BCUT2D eigenvalue weighted by atomic mass is 10.2. The molecule has 144 valence electrons. The second-order valence-electron chi connectivity index (χ2n) is 5.94. The first-order chi connectivity index (χ1) is 13.6. The van der Waals surface area contributed by atoms with E-state index in [2.05, 4.69) is 15.6 Å². The molecule has 0 unspecified atom stereocenters. The molecule has 28 heavy (non-hydrogen) atoms. The summed E-state index contributed by atoms with van der Waals surface area (Å²) in [6.45, 7) is 0.330. The Morgan fingerprint density at radius 2 is 1.68 bits per heavy atom. The number of methoxy groups -OCH3 is 2. The predicted octanol–water partition coefficient (Wildman–Crippen LogP) is 3.91. The van der Waals surface area contributed by atoms with Crippen LogP contribution in [0, 0.1) is 5.82 Å². The maximum absolute atomic E-state index is 12.9. The summed E-state index contributed by atoms with van der Waals surface area (Å²) < 4.78 is 23.4. The second-order valence-corrected chi connectivity index (χ2v) is 5.94. The average molecular weight is 381 g/mol. The maximum Gasteiger partial charge on any atom is 0.270 e. The van der Waals surface area contributed by atoms with E-state index >= 15 is 0 Å². The standard InChI is InChI=1S/C21H20FN3O3/c1-27-19-10-3-14(11-20(19)28-2)12-24-21(26)18-9-8-17(13-23-18)25-16-6-4-15(22)5-7-16/h3-11,13,25H,12H2,1-2H3,(H,24,26). The molecule has 3 aromatic rings. The van der Waals surface area contributed by atoms with E-state index in [9.17, 15) is 9.18 Å². The molecular weight excluding hydrogens is 361 g/mol. The smallest absolute Gasteiger partial charge is 0.270 e. The number of nitrogens with zero attached hydrogens (tertiary/aromatic N) is 1. The van der Waals surface area contributed by atoms with Crippen LogP contribution in [0.1, 0.15) is 16.1 Å². The van der Waals surface area contributed by atoms with Gasteiger partial charge in [-0.3, -0.25) is 4.79 Å². The van der Waals surface area contributed by atoms with Crippen molar-refractivity contribution in [3.63, 3.8) is 0 Å². The Kier molecular flexibility index (Phi) is 6.06. The number of hydrogen-bond donors (Lipinski definition) is 2. The molecule has 6 nitrogen and oxygen atoms in total. The van der Waals surface area contributed by atoms with Gasteiger partial charge in [-0.25, -0.2) is 9.37 Å². The molecule has 0 bridgehead atoms. The number of carbonyl (C=O) groups is 1. The SMILES string of the molecule is COc1ccc(CNC(=O)c2ccc(Nc3ccc(F)cc3)cn2)cc1OC. The maximum atomic E-state index is 12.9. The molecule has 3 rings (SSSR count). The van der Waals surface area contributed by atoms with Gasteiger partial charge in [0.25, 0.3) is 5.91 Å². The van der Waals surface area contributed by atoms with Gasteiger partial charge in [0, 0.05) is 12.2 Å². The van der Waals surface area contributed by atoms with E-state index in [1.54, 1.807) is 50.7 Å². The Labute approximate surface area is 162 Å². The predicted molar refractivity (Wildman–Crippen MR) is 105 cm³/mol. The van der Waals surface area contributed by atoms with Crippen molar-refractivity contribution in [2.75, 3.05) is 19.5 Å². The summed E-state index contributed by atoms with van der Waals surface area (Å²) in [4.78, 5) is 16.5. The van der Waals surface area contributed by atoms with Crippen molar-refractivity contribution >= 4 is 17.3 Å². The van der Waals surface area contributed by atoms with Crippen LogP contribution in [0.2, 0.25) is 0 Å². The highest BCUT2D eigenvalue weighted by Crippen LogP contribution is 2.27. The van der Waals surface area contributed by atoms with Crippen LogP contribution in [-0.4, -0.2) is 25.1 Å². The molecule has 0 radical (unpaired) electrons. The van der Waals surface area contributed by atoms with Crippen molar-refractivity contribution in [1.29, 1.82) is 0 Å². The number of halogens is 1. The summed E-state index contributed by atoms with van der Waals surface area (Å²) in [5, 5.41) is 5.91. The molecule has 1 aromatic heterocycles. The Morgan fingerprint density at radius 3 is 2.32 bits per heavy atom. The molecule has 0 spiro atoms. The monoisotopic (exact) mass is 381 g/mol. The van der Waals surface area contributed by atoms with Gasteiger partial charge in [-0.05, 0) is 54.1 Å². The first-order valence-corrected chi connectivity index (χ1v) is 8.57. The van der Waals surface area contributed by atoms with E-state index in [1.165, 1.54) is 12.1 Å². The third-order valence-corrected chi connectivity index (χ3v) is 4.03. The zero-order valence-corrected chi connectivity index (χ0v) is 15.5. The molecule has 7 heteroatoms. The van der Waals surface area contributed by atoms with Gasteiger partial charge in [0.2, 0.25) is 0 Å².